The highest BCUT2D eigenvalue weighted by molar-refractivity contribution is 7.89. The van der Waals surface area contributed by atoms with Crippen molar-refractivity contribution < 1.29 is 13.5 Å². The van der Waals surface area contributed by atoms with E-state index in [9.17, 15) is 13.5 Å². The third kappa shape index (κ3) is 2.77. The Morgan fingerprint density at radius 1 is 1.33 bits per heavy atom. The molecule has 7 heteroatoms. The standard InChI is InChI=1S/C14H22N2O3S2/c1-11-10-20-13(9-17)14(11)21(18,19)16-7-6-15-5-3-2-4-12(15)8-16/h10,12,17H,2-9H2,1H3. The Bertz CT molecular complexity index is 612. The first kappa shape index (κ1) is 15.4. The highest BCUT2D eigenvalue weighted by atomic mass is 32.2. The number of piperidine rings is 1. The molecule has 1 N–H and O–H groups in total. The lowest BCUT2D eigenvalue weighted by molar-refractivity contribution is 0.0851. The van der Waals surface area contributed by atoms with Crippen molar-refractivity contribution in [3.63, 3.8) is 0 Å². The van der Waals surface area contributed by atoms with E-state index in [0.717, 1.165) is 25.1 Å². The molecule has 2 fully saturated rings. The molecule has 1 aromatic heterocycles. The fraction of sp³-hybridized carbons (Fsp3) is 0.714. The Hall–Kier alpha value is -0.470. The lowest BCUT2D eigenvalue weighted by Gasteiger charge is -2.43. The predicted octanol–water partition coefficient (Wildman–Crippen LogP) is 1.41. The van der Waals surface area contributed by atoms with Crippen LogP contribution >= 0.6 is 11.3 Å². The summed E-state index contributed by atoms with van der Waals surface area (Å²) in [5, 5.41) is 11.2. The predicted molar refractivity (Wildman–Crippen MR) is 82.9 cm³/mol. The monoisotopic (exact) mass is 330 g/mol. The SMILES string of the molecule is Cc1csc(CO)c1S(=O)(=O)N1CCN2CCCCC2C1. The molecule has 0 saturated carbocycles. The first-order valence-electron chi connectivity index (χ1n) is 7.46. The number of piperazine rings is 1. The highest BCUT2D eigenvalue weighted by Crippen LogP contribution is 2.31. The van der Waals surface area contributed by atoms with Crippen molar-refractivity contribution in [2.75, 3.05) is 26.2 Å². The van der Waals surface area contributed by atoms with Crippen molar-refractivity contribution in [3.8, 4) is 0 Å². The molecule has 2 aliphatic rings. The quantitative estimate of drug-likeness (QED) is 0.910. The fourth-order valence-electron chi connectivity index (χ4n) is 3.42. The number of rotatable bonds is 3. The Morgan fingerprint density at radius 2 is 2.14 bits per heavy atom. The second kappa shape index (κ2) is 5.96. The van der Waals surface area contributed by atoms with Crippen LogP contribution in [0.4, 0.5) is 0 Å². The van der Waals surface area contributed by atoms with Crippen molar-refractivity contribution in [2.24, 2.45) is 0 Å². The first-order chi connectivity index (χ1) is 10.0. The van der Waals surface area contributed by atoms with E-state index in [0.29, 0.717) is 28.9 Å². The van der Waals surface area contributed by atoms with Gasteiger partial charge >= 0.3 is 0 Å². The van der Waals surface area contributed by atoms with E-state index < -0.39 is 10.0 Å². The minimum atomic E-state index is -3.49. The van der Waals surface area contributed by atoms with E-state index in [1.807, 2.05) is 5.38 Å². The van der Waals surface area contributed by atoms with E-state index in [2.05, 4.69) is 4.90 Å². The van der Waals surface area contributed by atoms with Gasteiger partial charge in [-0.05, 0) is 37.3 Å². The summed E-state index contributed by atoms with van der Waals surface area (Å²) in [5.41, 5.74) is 0.745. The van der Waals surface area contributed by atoms with E-state index in [4.69, 9.17) is 0 Å². The number of nitrogens with zero attached hydrogens (tertiary/aromatic N) is 2. The van der Waals surface area contributed by atoms with Gasteiger partial charge in [0, 0.05) is 25.7 Å². The number of aryl methyl sites for hydroxylation is 1. The molecule has 0 amide bonds. The molecule has 0 aliphatic carbocycles. The van der Waals surface area contributed by atoms with Gasteiger partial charge in [0.25, 0.3) is 0 Å². The molecular weight excluding hydrogens is 308 g/mol. The number of fused-ring (bicyclic) bond motifs is 1. The molecule has 0 aromatic carbocycles. The minimum Gasteiger partial charge on any atom is -0.391 e. The van der Waals surface area contributed by atoms with Crippen LogP contribution in [0.3, 0.4) is 0 Å². The molecule has 118 valence electrons. The van der Waals surface area contributed by atoms with Crippen molar-refractivity contribution in [1.82, 2.24) is 9.21 Å². The molecule has 0 bridgehead atoms. The summed E-state index contributed by atoms with van der Waals surface area (Å²) in [6, 6.07) is 0.360. The van der Waals surface area contributed by atoms with Crippen LogP contribution in [-0.4, -0.2) is 55.0 Å². The zero-order valence-electron chi connectivity index (χ0n) is 12.3. The van der Waals surface area contributed by atoms with Crippen molar-refractivity contribution in [2.45, 2.75) is 43.7 Å². The third-order valence-electron chi connectivity index (χ3n) is 4.53. The number of thiophene rings is 1. The Balaban J connectivity index is 1.87. The lowest BCUT2D eigenvalue weighted by atomic mass is 10.0. The second-order valence-corrected chi connectivity index (χ2v) is 8.72. The van der Waals surface area contributed by atoms with Gasteiger partial charge in [-0.15, -0.1) is 11.3 Å². The zero-order chi connectivity index (χ0) is 15.0. The summed E-state index contributed by atoms with van der Waals surface area (Å²) >= 11 is 1.32. The number of aliphatic hydroxyl groups is 1. The molecule has 3 heterocycles. The molecule has 3 rings (SSSR count). The molecule has 0 spiro atoms. The van der Waals surface area contributed by atoms with Gasteiger partial charge in [0.2, 0.25) is 10.0 Å². The number of hydrogen-bond acceptors (Lipinski definition) is 5. The van der Waals surface area contributed by atoms with Crippen LogP contribution in [0.25, 0.3) is 0 Å². The molecule has 2 saturated heterocycles. The fourth-order valence-corrected chi connectivity index (χ4v) is 6.50. The topological polar surface area (TPSA) is 60.9 Å². The molecule has 5 nitrogen and oxygen atoms in total. The van der Waals surface area contributed by atoms with Gasteiger partial charge in [-0.25, -0.2) is 8.42 Å². The summed E-state index contributed by atoms with van der Waals surface area (Å²) in [6.45, 7) is 4.65. The van der Waals surface area contributed by atoms with Gasteiger partial charge in [-0.1, -0.05) is 6.42 Å². The van der Waals surface area contributed by atoms with Crippen LogP contribution in [0.2, 0.25) is 0 Å². The van der Waals surface area contributed by atoms with Crippen LogP contribution in [0, 0.1) is 6.92 Å². The average Bonchev–Trinajstić information content (AvgIpc) is 2.88. The Labute approximate surface area is 130 Å². The summed E-state index contributed by atoms with van der Waals surface area (Å²) in [6.07, 6.45) is 3.50. The normalized spacial score (nSPS) is 25.0. The highest BCUT2D eigenvalue weighted by Gasteiger charge is 2.37. The third-order valence-corrected chi connectivity index (χ3v) is 7.85. The van der Waals surface area contributed by atoms with Crippen molar-refractivity contribution in [1.29, 1.82) is 0 Å². The van der Waals surface area contributed by atoms with Crippen molar-refractivity contribution >= 4 is 21.4 Å². The maximum atomic E-state index is 12.9. The Morgan fingerprint density at radius 3 is 2.90 bits per heavy atom. The molecule has 21 heavy (non-hydrogen) atoms. The molecular formula is C14H22N2O3S2. The second-order valence-electron chi connectivity index (χ2n) is 5.88. The summed E-state index contributed by atoms with van der Waals surface area (Å²) < 4.78 is 27.5. The number of aliphatic hydroxyl groups excluding tert-OH is 1. The van der Waals surface area contributed by atoms with Gasteiger partial charge in [0.15, 0.2) is 0 Å². The molecule has 1 aromatic rings. The maximum absolute atomic E-state index is 12.9. The first-order valence-corrected chi connectivity index (χ1v) is 9.78. The Kier molecular flexibility index (Phi) is 4.38. The summed E-state index contributed by atoms with van der Waals surface area (Å²) in [4.78, 5) is 3.31. The molecule has 1 unspecified atom stereocenters. The summed E-state index contributed by atoms with van der Waals surface area (Å²) in [5.74, 6) is 0. The van der Waals surface area contributed by atoms with Gasteiger partial charge in [0.1, 0.15) is 4.90 Å². The van der Waals surface area contributed by atoms with Gasteiger partial charge in [0.05, 0.1) is 11.5 Å². The smallest absolute Gasteiger partial charge is 0.244 e. The van der Waals surface area contributed by atoms with Gasteiger partial charge in [-0.2, -0.15) is 4.31 Å². The van der Waals surface area contributed by atoms with Crippen LogP contribution < -0.4 is 0 Å². The van der Waals surface area contributed by atoms with E-state index >= 15 is 0 Å². The van der Waals surface area contributed by atoms with E-state index in [1.165, 1.54) is 24.2 Å². The van der Waals surface area contributed by atoms with Crippen LogP contribution in [0.5, 0.6) is 0 Å². The van der Waals surface area contributed by atoms with E-state index in [1.54, 1.807) is 11.2 Å². The number of hydrogen-bond donors (Lipinski definition) is 1. The number of sulfonamides is 1. The maximum Gasteiger partial charge on any atom is 0.244 e. The molecule has 1 atom stereocenters. The molecule has 0 radical (unpaired) electrons. The van der Waals surface area contributed by atoms with Crippen LogP contribution in [0.15, 0.2) is 10.3 Å². The molecule has 2 aliphatic heterocycles. The van der Waals surface area contributed by atoms with Crippen LogP contribution in [0.1, 0.15) is 29.7 Å². The average molecular weight is 330 g/mol. The van der Waals surface area contributed by atoms with Crippen LogP contribution in [-0.2, 0) is 16.6 Å². The lowest BCUT2D eigenvalue weighted by Crippen LogP contribution is -2.56. The summed E-state index contributed by atoms with van der Waals surface area (Å²) in [7, 11) is -3.49. The van der Waals surface area contributed by atoms with Crippen molar-refractivity contribution in [3.05, 3.63) is 15.8 Å². The van der Waals surface area contributed by atoms with Gasteiger partial charge in [-0.3, -0.25) is 4.90 Å². The minimum absolute atomic E-state index is 0.212. The van der Waals surface area contributed by atoms with Gasteiger partial charge < -0.3 is 5.11 Å². The zero-order valence-corrected chi connectivity index (χ0v) is 13.9. The largest absolute Gasteiger partial charge is 0.391 e. The van der Waals surface area contributed by atoms with E-state index in [-0.39, 0.29) is 6.61 Å².